The van der Waals surface area contributed by atoms with Gasteiger partial charge >= 0.3 is 0 Å². The molecule has 0 amide bonds. The molecule has 4 nitrogen and oxygen atoms in total. The Morgan fingerprint density at radius 2 is 1.80 bits per heavy atom. The Morgan fingerprint density at radius 3 is 2.60 bits per heavy atom. The van der Waals surface area contributed by atoms with Crippen molar-refractivity contribution in [3.63, 3.8) is 0 Å². The molecular formula is C19H13ClN4S. The molecule has 2 aromatic heterocycles. The lowest BCUT2D eigenvalue weighted by molar-refractivity contribution is 1.16. The number of hydrogen-bond acceptors (Lipinski definition) is 5. The number of para-hydroxylation sites is 1. The summed E-state index contributed by atoms with van der Waals surface area (Å²) >= 11 is 7.62. The van der Waals surface area contributed by atoms with Crippen molar-refractivity contribution in [3.8, 4) is 11.3 Å². The molecule has 4 aromatic rings. The van der Waals surface area contributed by atoms with Crippen LogP contribution in [0, 0.1) is 0 Å². The van der Waals surface area contributed by atoms with Gasteiger partial charge in [-0.3, -0.25) is 0 Å². The van der Waals surface area contributed by atoms with Gasteiger partial charge in [-0.05, 0) is 29.6 Å². The summed E-state index contributed by atoms with van der Waals surface area (Å²) in [5.41, 5.74) is 5.61. The maximum Gasteiger partial charge on any atom is 0.244 e. The fraction of sp³-hybridized carbons (Fsp3) is 0. The number of hydrogen-bond donors (Lipinski definition) is 1. The van der Waals surface area contributed by atoms with Gasteiger partial charge in [0.15, 0.2) is 0 Å². The smallest absolute Gasteiger partial charge is 0.244 e. The van der Waals surface area contributed by atoms with Crippen LogP contribution >= 0.6 is 22.9 Å². The first-order valence-electron chi connectivity index (χ1n) is 7.65. The minimum Gasteiger partial charge on any atom is -0.245 e. The molecule has 0 unspecified atom stereocenters. The van der Waals surface area contributed by atoms with Crippen LogP contribution in [-0.2, 0) is 0 Å². The maximum absolute atomic E-state index is 6.00. The molecule has 4 rings (SSSR count). The van der Waals surface area contributed by atoms with Gasteiger partial charge in [-0.2, -0.15) is 5.10 Å². The maximum atomic E-state index is 6.00. The van der Waals surface area contributed by atoms with E-state index in [4.69, 9.17) is 11.6 Å². The molecular weight excluding hydrogens is 352 g/mol. The Bertz CT molecular complexity index is 1030. The Labute approximate surface area is 153 Å². The lowest BCUT2D eigenvalue weighted by atomic mass is 10.1. The molecule has 0 fully saturated rings. The summed E-state index contributed by atoms with van der Waals surface area (Å²) in [6.45, 7) is 0. The van der Waals surface area contributed by atoms with Crippen molar-refractivity contribution in [1.29, 1.82) is 0 Å². The van der Waals surface area contributed by atoms with Crippen LogP contribution in [0.25, 0.3) is 22.2 Å². The summed E-state index contributed by atoms with van der Waals surface area (Å²) < 4.78 is 0. The quantitative estimate of drug-likeness (QED) is 0.386. The number of nitrogens with zero attached hydrogens (tertiary/aromatic N) is 3. The number of thiophene rings is 1. The standard InChI is InChI=1S/C19H13ClN4S/c20-14-9-7-13(8-10-14)18-16-5-1-2-6-17(16)22-19(23-18)24-21-12-15-4-3-11-25-15/h1-12H,(H,22,23,24)/b21-12-. The zero-order chi connectivity index (χ0) is 17.1. The fourth-order valence-electron chi connectivity index (χ4n) is 2.47. The highest BCUT2D eigenvalue weighted by Crippen LogP contribution is 2.28. The molecule has 0 spiro atoms. The van der Waals surface area contributed by atoms with Crippen LogP contribution in [-0.4, -0.2) is 16.2 Å². The molecule has 0 aliphatic carbocycles. The van der Waals surface area contributed by atoms with E-state index < -0.39 is 0 Å². The van der Waals surface area contributed by atoms with Crippen LogP contribution in [0.5, 0.6) is 0 Å². The van der Waals surface area contributed by atoms with Gasteiger partial charge in [-0.1, -0.05) is 48.0 Å². The van der Waals surface area contributed by atoms with E-state index in [2.05, 4.69) is 20.5 Å². The summed E-state index contributed by atoms with van der Waals surface area (Å²) in [5.74, 6) is 0.455. The number of benzene rings is 2. The lowest BCUT2D eigenvalue weighted by Crippen LogP contribution is -1.99. The first-order valence-corrected chi connectivity index (χ1v) is 8.91. The molecule has 2 aromatic carbocycles. The first-order chi connectivity index (χ1) is 12.3. The van der Waals surface area contributed by atoms with Gasteiger partial charge < -0.3 is 0 Å². The number of fused-ring (bicyclic) bond motifs is 1. The second-order valence-corrected chi connectivity index (χ2v) is 6.72. The van der Waals surface area contributed by atoms with Crippen LogP contribution in [0.15, 0.2) is 71.1 Å². The zero-order valence-corrected chi connectivity index (χ0v) is 14.6. The van der Waals surface area contributed by atoms with Gasteiger partial charge in [-0.25, -0.2) is 15.4 Å². The van der Waals surface area contributed by atoms with Crippen LogP contribution in [0.4, 0.5) is 5.95 Å². The summed E-state index contributed by atoms with van der Waals surface area (Å²) in [4.78, 5) is 10.2. The molecule has 0 aliphatic rings. The van der Waals surface area contributed by atoms with Gasteiger partial charge in [0.05, 0.1) is 17.4 Å². The zero-order valence-electron chi connectivity index (χ0n) is 13.1. The van der Waals surface area contributed by atoms with E-state index in [9.17, 15) is 0 Å². The Morgan fingerprint density at radius 1 is 0.960 bits per heavy atom. The third-order valence-electron chi connectivity index (χ3n) is 3.62. The largest absolute Gasteiger partial charge is 0.245 e. The molecule has 2 heterocycles. The molecule has 6 heteroatoms. The van der Waals surface area contributed by atoms with Crippen molar-refractivity contribution in [2.45, 2.75) is 0 Å². The van der Waals surface area contributed by atoms with Crippen molar-refractivity contribution < 1.29 is 0 Å². The molecule has 0 saturated carbocycles. The van der Waals surface area contributed by atoms with Crippen LogP contribution < -0.4 is 5.43 Å². The van der Waals surface area contributed by atoms with E-state index >= 15 is 0 Å². The molecule has 25 heavy (non-hydrogen) atoms. The minimum atomic E-state index is 0.455. The molecule has 1 N–H and O–H groups in total. The van der Waals surface area contributed by atoms with Crippen LogP contribution in [0.3, 0.4) is 0 Å². The average Bonchev–Trinajstić information content (AvgIpc) is 3.15. The van der Waals surface area contributed by atoms with Crippen molar-refractivity contribution in [3.05, 3.63) is 75.9 Å². The van der Waals surface area contributed by atoms with Gasteiger partial charge in [0, 0.05) is 20.8 Å². The number of rotatable bonds is 4. The number of hydrazone groups is 1. The highest BCUT2D eigenvalue weighted by Gasteiger charge is 2.09. The van der Waals surface area contributed by atoms with Crippen molar-refractivity contribution in [1.82, 2.24) is 9.97 Å². The van der Waals surface area contributed by atoms with E-state index in [1.807, 2.05) is 66.0 Å². The van der Waals surface area contributed by atoms with E-state index in [-0.39, 0.29) is 0 Å². The molecule has 0 aliphatic heterocycles. The molecule has 0 atom stereocenters. The van der Waals surface area contributed by atoms with Gasteiger partial charge in [0.2, 0.25) is 5.95 Å². The molecule has 0 radical (unpaired) electrons. The molecule has 122 valence electrons. The van der Waals surface area contributed by atoms with Crippen molar-refractivity contribution in [2.75, 3.05) is 5.43 Å². The number of halogens is 1. The Kier molecular flexibility index (Phi) is 4.41. The SMILES string of the molecule is Clc1ccc(-c2nc(N/N=C\c3cccs3)nc3ccccc23)cc1. The van der Waals surface area contributed by atoms with E-state index in [1.165, 1.54) is 0 Å². The predicted octanol–water partition coefficient (Wildman–Crippen LogP) is 5.46. The van der Waals surface area contributed by atoms with Gasteiger partial charge in [-0.15, -0.1) is 11.3 Å². The summed E-state index contributed by atoms with van der Waals surface area (Å²) in [6, 6.07) is 19.5. The second-order valence-electron chi connectivity index (χ2n) is 5.31. The number of nitrogens with one attached hydrogen (secondary N) is 1. The minimum absolute atomic E-state index is 0.455. The lowest BCUT2D eigenvalue weighted by Gasteiger charge is -2.08. The van der Waals surface area contributed by atoms with Crippen molar-refractivity contribution >= 4 is 46.0 Å². The average molecular weight is 365 g/mol. The van der Waals surface area contributed by atoms with Gasteiger partial charge in [0.1, 0.15) is 0 Å². The van der Waals surface area contributed by atoms with E-state index in [0.29, 0.717) is 11.0 Å². The third-order valence-corrected chi connectivity index (χ3v) is 4.68. The highest BCUT2D eigenvalue weighted by molar-refractivity contribution is 7.11. The summed E-state index contributed by atoms with van der Waals surface area (Å²) in [6.07, 6.45) is 1.76. The second kappa shape index (κ2) is 7.01. The molecule has 0 saturated heterocycles. The molecule has 0 bridgehead atoms. The Balaban J connectivity index is 1.74. The van der Waals surface area contributed by atoms with Crippen molar-refractivity contribution in [2.24, 2.45) is 5.10 Å². The highest BCUT2D eigenvalue weighted by atomic mass is 35.5. The fourth-order valence-corrected chi connectivity index (χ4v) is 3.18. The summed E-state index contributed by atoms with van der Waals surface area (Å²) in [5, 5.41) is 7.91. The van der Waals surface area contributed by atoms with Crippen LogP contribution in [0.1, 0.15) is 4.88 Å². The third kappa shape index (κ3) is 3.52. The van der Waals surface area contributed by atoms with E-state index in [1.54, 1.807) is 17.6 Å². The van der Waals surface area contributed by atoms with E-state index in [0.717, 1.165) is 27.0 Å². The monoisotopic (exact) mass is 364 g/mol. The number of aromatic nitrogens is 2. The topological polar surface area (TPSA) is 50.2 Å². The normalized spacial score (nSPS) is 11.2. The van der Waals surface area contributed by atoms with Crippen LogP contribution in [0.2, 0.25) is 5.02 Å². The van der Waals surface area contributed by atoms with Gasteiger partial charge in [0.25, 0.3) is 0 Å². The number of anilines is 1. The predicted molar refractivity (Wildman–Crippen MR) is 106 cm³/mol. The first kappa shape index (κ1) is 15.7. The Hall–Kier alpha value is -2.76. The summed E-state index contributed by atoms with van der Waals surface area (Å²) in [7, 11) is 0.